The van der Waals surface area contributed by atoms with Crippen molar-refractivity contribution in [2.45, 2.75) is 19.9 Å². The van der Waals surface area contributed by atoms with Crippen molar-refractivity contribution in [1.82, 2.24) is 15.3 Å². The second-order valence-corrected chi connectivity index (χ2v) is 5.17. The van der Waals surface area contributed by atoms with Gasteiger partial charge in [-0.25, -0.2) is 4.98 Å². The summed E-state index contributed by atoms with van der Waals surface area (Å²) < 4.78 is 1.25. The molecule has 0 aliphatic carbocycles. The summed E-state index contributed by atoms with van der Waals surface area (Å²) in [5, 5.41) is 3.33. The zero-order chi connectivity index (χ0) is 12.1. The third-order valence-electron chi connectivity index (χ3n) is 2.50. The summed E-state index contributed by atoms with van der Waals surface area (Å²) in [7, 11) is 0. The van der Waals surface area contributed by atoms with Crippen molar-refractivity contribution >= 4 is 22.6 Å². The summed E-state index contributed by atoms with van der Waals surface area (Å²) in [6, 6.07) is 8.43. The van der Waals surface area contributed by atoms with Gasteiger partial charge in [-0.1, -0.05) is 19.1 Å². The molecule has 2 rings (SSSR count). The van der Waals surface area contributed by atoms with Crippen molar-refractivity contribution in [2.24, 2.45) is 0 Å². The number of aromatic nitrogens is 2. The van der Waals surface area contributed by atoms with Crippen LogP contribution in [0.5, 0.6) is 0 Å². The van der Waals surface area contributed by atoms with Crippen LogP contribution in [0.15, 0.2) is 30.5 Å². The largest absolute Gasteiger partial charge is 0.341 e. The van der Waals surface area contributed by atoms with Gasteiger partial charge in [-0.3, -0.25) is 0 Å². The molecular formula is C13H16IN3. The molecule has 90 valence electrons. The number of H-pyrrole nitrogens is 1. The molecular weight excluding hydrogens is 325 g/mol. The molecule has 0 bridgehead atoms. The smallest absolute Gasteiger partial charge is 0.120 e. The lowest BCUT2D eigenvalue weighted by Crippen LogP contribution is -2.14. The second-order valence-electron chi connectivity index (χ2n) is 3.93. The summed E-state index contributed by atoms with van der Waals surface area (Å²) in [6.45, 7) is 3.99. The number of halogens is 1. The van der Waals surface area contributed by atoms with E-state index in [2.05, 4.69) is 69.1 Å². The van der Waals surface area contributed by atoms with Gasteiger partial charge in [0.25, 0.3) is 0 Å². The molecule has 0 atom stereocenters. The van der Waals surface area contributed by atoms with Crippen molar-refractivity contribution < 1.29 is 0 Å². The standard InChI is InChI=1S/C13H16IN3/c1-2-7-15-9-13-16-8-12(17-13)10-3-5-11(14)6-4-10/h3-6,8,15H,2,7,9H2,1H3,(H,16,17). The van der Waals surface area contributed by atoms with E-state index in [-0.39, 0.29) is 0 Å². The van der Waals surface area contributed by atoms with Crippen LogP contribution < -0.4 is 5.32 Å². The molecule has 0 amide bonds. The fraction of sp³-hybridized carbons (Fsp3) is 0.308. The van der Waals surface area contributed by atoms with Crippen molar-refractivity contribution in [3.05, 3.63) is 39.9 Å². The highest BCUT2D eigenvalue weighted by Crippen LogP contribution is 2.18. The number of benzene rings is 1. The normalized spacial score (nSPS) is 10.7. The fourth-order valence-corrected chi connectivity index (χ4v) is 1.97. The Kier molecular flexibility index (Phi) is 4.56. The zero-order valence-electron chi connectivity index (χ0n) is 9.83. The van der Waals surface area contributed by atoms with Crippen LogP contribution in [0.25, 0.3) is 11.3 Å². The van der Waals surface area contributed by atoms with Crippen molar-refractivity contribution in [3.8, 4) is 11.3 Å². The first-order valence-corrected chi connectivity index (χ1v) is 6.88. The van der Waals surface area contributed by atoms with Gasteiger partial charge in [-0.15, -0.1) is 0 Å². The Bertz CT molecular complexity index is 462. The maximum atomic E-state index is 4.37. The molecule has 17 heavy (non-hydrogen) atoms. The van der Waals surface area contributed by atoms with E-state index in [1.807, 2.05) is 6.20 Å². The lowest BCUT2D eigenvalue weighted by Gasteiger charge is -1.99. The van der Waals surface area contributed by atoms with Crippen molar-refractivity contribution in [2.75, 3.05) is 6.54 Å². The van der Waals surface area contributed by atoms with Crippen LogP contribution >= 0.6 is 22.6 Å². The average molecular weight is 341 g/mol. The minimum atomic E-state index is 0.804. The molecule has 0 spiro atoms. The molecule has 2 N–H and O–H groups in total. The monoisotopic (exact) mass is 341 g/mol. The number of imidazole rings is 1. The number of hydrogen-bond donors (Lipinski definition) is 2. The minimum absolute atomic E-state index is 0.804. The van der Waals surface area contributed by atoms with E-state index >= 15 is 0 Å². The third kappa shape index (κ3) is 3.54. The minimum Gasteiger partial charge on any atom is -0.341 e. The van der Waals surface area contributed by atoms with Gasteiger partial charge in [0.15, 0.2) is 0 Å². The molecule has 0 aliphatic rings. The van der Waals surface area contributed by atoms with Crippen LogP contribution in [0.1, 0.15) is 19.2 Å². The predicted octanol–water partition coefficient (Wildman–Crippen LogP) is 3.18. The summed E-state index contributed by atoms with van der Waals surface area (Å²) >= 11 is 2.31. The molecule has 1 aromatic carbocycles. The summed E-state index contributed by atoms with van der Waals surface area (Å²) in [6.07, 6.45) is 3.04. The maximum Gasteiger partial charge on any atom is 0.120 e. The first kappa shape index (κ1) is 12.6. The fourth-order valence-electron chi connectivity index (χ4n) is 1.61. The summed E-state index contributed by atoms with van der Waals surface area (Å²) in [5.41, 5.74) is 2.26. The van der Waals surface area contributed by atoms with Crippen molar-refractivity contribution in [3.63, 3.8) is 0 Å². The molecule has 3 nitrogen and oxygen atoms in total. The van der Waals surface area contributed by atoms with E-state index in [0.29, 0.717) is 0 Å². The highest BCUT2D eigenvalue weighted by Gasteiger charge is 2.02. The molecule has 0 fully saturated rings. The predicted molar refractivity (Wildman–Crippen MR) is 78.7 cm³/mol. The quantitative estimate of drug-likeness (QED) is 0.648. The third-order valence-corrected chi connectivity index (χ3v) is 3.22. The van der Waals surface area contributed by atoms with Gasteiger partial charge < -0.3 is 10.3 Å². The first-order chi connectivity index (χ1) is 8.29. The topological polar surface area (TPSA) is 40.7 Å². The SMILES string of the molecule is CCCNCc1ncc(-c2ccc(I)cc2)[nH]1. The Morgan fingerprint density at radius 1 is 1.29 bits per heavy atom. The molecule has 0 saturated heterocycles. The number of hydrogen-bond acceptors (Lipinski definition) is 2. The number of aromatic amines is 1. The second kappa shape index (κ2) is 6.16. The van der Waals surface area contributed by atoms with E-state index in [4.69, 9.17) is 0 Å². The molecule has 2 aromatic rings. The average Bonchev–Trinajstić information content (AvgIpc) is 2.79. The Labute approximate surface area is 115 Å². The van der Waals surface area contributed by atoms with Crippen LogP contribution in [0, 0.1) is 3.57 Å². The van der Waals surface area contributed by atoms with Crippen molar-refractivity contribution in [1.29, 1.82) is 0 Å². The van der Waals surface area contributed by atoms with Gasteiger partial charge in [0.1, 0.15) is 5.82 Å². The number of nitrogens with one attached hydrogen (secondary N) is 2. The highest BCUT2D eigenvalue weighted by molar-refractivity contribution is 14.1. The van der Waals surface area contributed by atoms with E-state index in [0.717, 1.165) is 31.0 Å². The molecule has 0 aliphatic heterocycles. The Hall–Kier alpha value is -0.880. The van der Waals surface area contributed by atoms with Crippen LogP contribution in [0.3, 0.4) is 0 Å². The summed E-state index contributed by atoms with van der Waals surface area (Å²) in [4.78, 5) is 7.70. The summed E-state index contributed by atoms with van der Waals surface area (Å²) in [5.74, 6) is 0.993. The molecule has 4 heteroatoms. The Balaban J connectivity index is 2.04. The lowest BCUT2D eigenvalue weighted by molar-refractivity contribution is 0.655. The molecule has 0 unspecified atom stereocenters. The van der Waals surface area contributed by atoms with E-state index in [1.54, 1.807) is 0 Å². The van der Waals surface area contributed by atoms with Gasteiger partial charge in [0.05, 0.1) is 18.4 Å². The first-order valence-electron chi connectivity index (χ1n) is 5.80. The Morgan fingerprint density at radius 3 is 2.76 bits per heavy atom. The molecule has 0 saturated carbocycles. The molecule has 0 radical (unpaired) electrons. The highest BCUT2D eigenvalue weighted by atomic mass is 127. The van der Waals surface area contributed by atoms with Gasteiger partial charge in [-0.2, -0.15) is 0 Å². The zero-order valence-corrected chi connectivity index (χ0v) is 12.0. The van der Waals surface area contributed by atoms with Gasteiger partial charge >= 0.3 is 0 Å². The van der Waals surface area contributed by atoms with Crippen LogP contribution in [-0.2, 0) is 6.54 Å². The number of rotatable bonds is 5. The molecule has 1 heterocycles. The van der Waals surface area contributed by atoms with Gasteiger partial charge in [0, 0.05) is 3.57 Å². The van der Waals surface area contributed by atoms with E-state index in [9.17, 15) is 0 Å². The maximum absolute atomic E-state index is 4.37. The van der Waals surface area contributed by atoms with Crippen LogP contribution in [0.2, 0.25) is 0 Å². The van der Waals surface area contributed by atoms with E-state index < -0.39 is 0 Å². The van der Waals surface area contributed by atoms with Crippen LogP contribution in [0.4, 0.5) is 0 Å². The molecule has 1 aromatic heterocycles. The lowest BCUT2D eigenvalue weighted by atomic mass is 10.2. The Morgan fingerprint density at radius 2 is 2.06 bits per heavy atom. The van der Waals surface area contributed by atoms with E-state index in [1.165, 1.54) is 9.13 Å². The van der Waals surface area contributed by atoms with Gasteiger partial charge in [-0.05, 0) is 53.3 Å². The van der Waals surface area contributed by atoms with Crippen LogP contribution in [-0.4, -0.2) is 16.5 Å². The van der Waals surface area contributed by atoms with Gasteiger partial charge in [0.2, 0.25) is 0 Å². The number of nitrogens with zero attached hydrogens (tertiary/aromatic N) is 1.